The van der Waals surface area contributed by atoms with Crippen molar-refractivity contribution in [3.05, 3.63) is 71.0 Å². The predicted molar refractivity (Wildman–Crippen MR) is 105 cm³/mol. The molecule has 140 valence electrons. The van der Waals surface area contributed by atoms with Gasteiger partial charge in [0.15, 0.2) is 5.69 Å². The predicted octanol–water partition coefficient (Wildman–Crippen LogP) is 4.00. The second kappa shape index (κ2) is 7.72. The highest BCUT2D eigenvalue weighted by molar-refractivity contribution is 6.03. The maximum atomic E-state index is 12.6. The van der Waals surface area contributed by atoms with Crippen LogP contribution in [0.1, 0.15) is 60.1 Å². The van der Waals surface area contributed by atoms with Crippen LogP contribution >= 0.6 is 0 Å². The first kappa shape index (κ1) is 18.8. The summed E-state index contributed by atoms with van der Waals surface area (Å²) in [5.74, 6) is 0.120. The van der Waals surface area contributed by atoms with Crippen molar-refractivity contribution in [2.45, 2.75) is 39.7 Å². The van der Waals surface area contributed by atoms with E-state index in [0.29, 0.717) is 17.3 Å². The van der Waals surface area contributed by atoms with Gasteiger partial charge >= 0.3 is 0 Å². The van der Waals surface area contributed by atoms with Crippen LogP contribution in [0.2, 0.25) is 0 Å². The summed E-state index contributed by atoms with van der Waals surface area (Å²) in [6, 6.07) is 15.2. The maximum absolute atomic E-state index is 12.6. The average molecular weight is 364 g/mol. The molecule has 3 aromatic rings. The summed E-state index contributed by atoms with van der Waals surface area (Å²) in [6.07, 6.45) is -0.599. The summed E-state index contributed by atoms with van der Waals surface area (Å²) in [6.45, 7) is 7.79. The van der Waals surface area contributed by atoms with Crippen LogP contribution < -0.4 is 5.32 Å². The van der Waals surface area contributed by atoms with Crippen molar-refractivity contribution in [3.8, 4) is 5.69 Å². The van der Waals surface area contributed by atoms with Gasteiger partial charge in [0.25, 0.3) is 5.91 Å². The number of aliphatic hydroxyl groups excluding tert-OH is 1. The second-order valence-corrected chi connectivity index (χ2v) is 6.94. The van der Waals surface area contributed by atoms with E-state index in [1.165, 1.54) is 5.56 Å². The number of benzene rings is 2. The Hall–Kier alpha value is -2.99. The molecule has 6 nitrogen and oxygen atoms in total. The smallest absolute Gasteiger partial charge is 0.278 e. The molecule has 0 aliphatic rings. The number of nitrogens with zero attached hydrogens (tertiary/aromatic N) is 3. The molecule has 2 N–H and O–H groups in total. The molecule has 0 spiro atoms. The number of anilines is 1. The molecule has 3 rings (SSSR count). The highest BCUT2D eigenvalue weighted by Gasteiger charge is 2.18. The Labute approximate surface area is 158 Å². The molecule has 0 radical (unpaired) electrons. The summed E-state index contributed by atoms with van der Waals surface area (Å²) in [5, 5.41) is 20.7. The van der Waals surface area contributed by atoms with Crippen LogP contribution in [0, 0.1) is 6.92 Å². The summed E-state index contributed by atoms with van der Waals surface area (Å²) in [5.41, 5.74) is 4.38. The molecule has 2 aromatic carbocycles. The maximum Gasteiger partial charge on any atom is 0.278 e. The standard InChI is InChI=1S/C21H24N4O2/c1-13(2)16-8-10-19(11-9-16)25-14(3)20(23-24-25)21(27)22-18-7-5-6-17(12-18)15(4)26/h5-13,15,26H,1-4H3,(H,22,27)/t15-/m0/s1. The molecule has 6 heteroatoms. The fourth-order valence-electron chi connectivity index (χ4n) is 2.85. The minimum Gasteiger partial charge on any atom is -0.389 e. The van der Waals surface area contributed by atoms with Crippen molar-refractivity contribution in [2.75, 3.05) is 5.32 Å². The average Bonchev–Trinajstić information content (AvgIpc) is 3.03. The lowest BCUT2D eigenvalue weighted by molar-refractivity contribution is 0.102. The molecule has 1 amide bonds. The van der Waals surface area contributed by atoms with Crippen molar-refractivity contribution in [1.29, 1.82) is 0 Å². The van der Waals surface area contributed by atoms with Crippen molar-refractivity contribution in [2.24, 2.45) is 0 Å². The minimum absolute atomic E-state index is 0.269. The molecule has 0 bridgehead atoms. The van der Waals surface area contributed by atoms with Gasteiger partial charge in [-0.1, -0.05) is 43.3 Å². The highest BCUT2D eigenvalue weighted by Crippen LogP contribution is 2.20. The van der Waals surface area contributed by atoms with Gasteiger partial charge in [-0.25, -0.2) is 4.68 Å². The molecule has 0 unspecified atom stereocenters. The SMILES string of the molecule is Cc1c(C(=O)Nc2cccc([C@H](C)O)c2)nnn1-c1ccc(C(C)C)cc1. The fourth-order valence-corrected chi connectivity index (χ4v) is 2.85. The molecule has 0 fully saturated rings. The number of aromatic nitrogens is 3. The van der Waals surface area contributed by atoms with Gasteiger partial charge in [-0.2, -0.15) is 0 Å². The molecule has 1 aromatic heterocycles. The van der Waals surface area contributed by atoms with E-state index in [-0.39, 0.29) is 11.6 Å². The number of amides is 1. The summed E-state index contributed by atoms with van der Waals surface area (Å²) in [7, 11) is 0. The van der Waals surface area contributed by atoms with Crippen LogP contribution in [0.5, 0.6) is 0 Å². The lowest BCUT2D eigenvalue weighted by Gasteiger charge is -2.09. The van der Waals surface area contributed by atoms with E-state index in [4.69, 9.17) is 0 Å². The topological polar surface area (TPSA) is 80.0 Å². The van der Waals surface area contributed by atoms with Crippen LogP contribution in [0.15, 0.2) is 48.5 Å². The molecule has 27 heavy (non-hydrogen) atoms. The molecule has 1 atom stereocenters. The van der Waals surface area contributed by atoms with Gasteiger partial charge in [0.05, 0.1) is 17.5 Å². The van der Waals surface area contributed by atoms with Crippen molar-refractivity contribution < 1.29 is 9.90 Å². The number of rotatable bonds is 5. The third-order valence-electron chi connectivity index (χ3n) is 4.54. The molecular formula is C21H24N4O2. The van der Waals surface area contributed by atoms with Gasteiger partial charge in [-0.15, -0.1) is 5.10 Å². The van der Waals surface area contributed by atoms with Crippen LogP contribution in [0.4, 0.5) is 5.69 Å². The van der Waals surface area contributed by atoms with Gasteiger partial charge < -0.3 is 10.4 Å². The first-order chi connectivity index (χ1) is 12.9. The Kier molecular flexibility index (Phi) is 5.37. The van der Waals surface area contributed by atoms with E-state index in [2.05, 4.69) is 41.6 Å². The summed E-state index contributed by atoms with van der Waals surface area (Å²) in [4.78, 5) is 12.6. The van der Waals surface area contributed by atoms with Crippen molar-refractivity contribution >= 4 is 11.6 Å². The van der Waals surface area contributed by atoms with Crippen molar-refractivity contribution in [1.82, 2.24) is 15.0 Å². The Morgan fingerprint density at radius 1 is 1.07 bits per heavy atom. The van der Waals surface area contributed by atoms with Gasteiger partial charge in [0.1, 0.15) is 0 Å². The lowest BCUT2D eigenvalue weighted by atomic mass is 10.0. The number of hydrogen-bond acceptors (Lipinski definition) is 4. The first-order valence-corrected chi connectivity index (χ1v) is 8.99. The monoisotopic (exact) mass is 364 g/mol. The third kappa shape index (κ3) is 4.06. The number of aliphatic hydroxyl groups is 1. The Morgan fingerprint density at radius 2 is 1.78 bits per heavy atom. The summed E-state index contributed by atoms with van der Waals surface area (Å²) >= 11 is 0. The molecule has 0 saturated carbocycles. The minimum atomic E-state index is -0.599. The van der Waals surface area contributed by atoms with Gasteiger partial charge in [-0.05, 0) is 55.2 Å². The van der Waals surface area contributed by atoms with Crippen LogP contribution in [0.3, 0.4) is 0 Å². The Morgan fingerprint density at radius 3 is 2.41 bits per heavy atom. The van der Waals surface area contributed by atoms with E-state index in [1.807, 2.05) is 25.1 Å². The van der Waals surface area contributed by atoms with Gasteiger partial charge in [0, 0.05) is 5.69 Å². The molecule has 0 saturated heterocycles. The van der Waals surface area contributed by atoms with Crippen LogP contribution in [0.25, 0.3) is 5.69 Å². The zero-order valence-electron chi connectivity index (χ0n) is 16.0. The van der Waals surface area contributed by atoms with E-state index >= 15 is 0 Å². The number of hydrogen-bond donors (Lipinski definition) is 2. The Bertz CT molecular complexity index is 943. The van der Waals surface area contributed by atoms with Gasteiger partial charge in [-0.3, -0.25) is 4.79 Å². The quantitative estimate of drug-likeness (QED) is 0.717. The molecule has 0 aliphatic heterocycles. The van der Waals surface area contributed by atoms with E-state index in [0.717, 1.165) is 11.3 Å². The largest absolute Gasteiger partial charge is 0.389 e. The zero-order valence-corrected chi connectivity index (χ0v) is 16.0. The fraction of sp³-hybridized carbons (Fsp3) is 0.286. The zero-order chi connectivity index (χ0) is 19.6. The molecule has 1 heterocycles. The van der Waals surface area contributed by atoms with Crippen LogP contribution in [-0.4, -0.2) is 26.0 Å². The van der Waals surface area contributed by atoms with E-state index in [9.17, 15) is 9.90 Å². The van der Waals surface area contributed by atoms with E-state index in [1.54, 1.807) is 29.8 Å². The summed E-state index contributed by atoms with van der Waals surface area (Å²) < 4.78 is 1.66. The number of carbonyl (C=O) groups is 1. The Balaban J connectivity index is 1.82. The van der Waals surface area contributed by atoms with Crippen molar-refractivity contribution in [3.63, 3.8) is 0 Å². The third-order valence-corrected chi connectivity index (χ3v) is 4.54. The van der Waals surface area contributed by atoms with Gasteiger partial charge in [0.2, 0.25) is 0 Å². The highest BCUT2D eigenvalue weighted by atomic mass is 16.3. The number of carbonyl (C=O) groups excluding carboxylic acids is 1. The lowest BCUT2D eigenvalue weighted by Crippen LogP contribution is -2.14. The van der Waals surface area contributed by atoms with Crippen LogP contribution in [-0.2, 0) is 0 Å². The molecular weight excluding hydrogens is 340 g/mol. The normalized spacial score (nSPS) is 12.2. The number of nitrogens with one attached hydrogen (secondary N) is 1. The second-order valence-electron chi connectivity index (χ2n) is 6.94. The molecule has 0 aliphatic carbocycles. The first-order valence-electron chi connectivity index (χ1n) is 8.99. The van der Waals surface area contributed by atoms with E-state index < -0.39 is 6.10 Å².